The largest absolute Gasteiger partial charge is 0.376 e. The maximum absolute atomic E-state index is 12.6. The highest BCUT2D eigenvalue weighted by Crippen LogP contribution is 2.42. The zero-order valence-corrected chi connectivity index (χ0v) is 21.8. The van der Waals surface area contributed by atoms with E-state index < -0.39 is 9.84 Å². The van der Waals surface area contributed by atoms with E-state index in [0.29, 0.717) is 21.9 Å². The molecule has 0 saturated carbocycles. The third kappa shape index (κ3) is 3.67. The van der Waals surface area contributed by atoms with Crippen LogP contribution in [0, 0.1) is 12.3 Å². The van der Waals surface area contributed by atoms with Gasteiger partial charge in [-0.05, 0) is 56.7 Å². The van der Waals surface area contributed by atoms with Gasteiger partial charge in [-0.1, -0.05) is 6.07 Å². The van der Waals surface area contributed by atoms with Crippen LogP contribution in [-0.2, 0) is 21.0 Å². The summed E-state index contributed by atoms with van der Waals surface area (Å²) >= 11 is 0. The number of nitrogens with one attached hydrogen (secondary N) is 1. The highest BCUT2D eigenvalue weighted by Gasteiger charge is 2.47. The molecular weight excluding hydrogens is 478 g/mol. The summed E-state index contributed by atoms with van der Waals surface area (Å²) in [5, 5.41) is 7.63. The van der Waals surface area contributed by atoms with Crippen LogP contribution in [0.1, 0.15) is 37.3 Å². The Kier molecular flexibility index (Phi) is 5.51. The molecule has 3 aliphatic rings. The first-order chi connectivity index (χ1) is 17.2. The van der Waals surface area contributed by atoms with Crippen molar-refractivity contribution in [1.29, 1.82) is 0 Å². The zero-order valence-electron chi connectivity index (χ0n) is 21.0. The van der Waals surface area contributed by atoms with Gasteiger partial charge in [-0.15, -0.1) is 0 Å². The lowest BCUT2D eigenvalue weighted by molar-refractivity contribution is 0.0974. The summed E-state index contributed by atoms with van der Waals surface area (Å²) in [6.45, 7) is 7.09. The molecule has 3 N–H and O–H groups in total. The molecule has 0 aliphatic carbocycles. The van der Waals surface area contributed by atoms with Crippen molar-refractivity contribution < 1.29 is 13.2 Å². The van der Waals surface area contributed by atoms with Crippen molar-refractivity contribution in [3.05, 3.63) is 29.5 Å². The fraction of sp³-hybridized carbons (Fsp3) is 0.560. The molecule has 3 aromatic rings. The normalized spacial score (nSPS) is 24.0. The number of anilines is 3. The van der Waals surface area contributed by atoms with Gasteiger partial charge in [0, 0.05) is 43.0 Å². The van der Waals surface area contributed by atoms with Gasteiger partial charge in [0.1, 0.15) is 5.82 Å². The van der Waals surface area contributed by atoms with Gasteiger partial charge in [0.15, 0.2) is 26.8 Å². The summed E-state index contributed by atoms with van der Waals surface area (Å²) in [5.41, 5.74) is 10.3. The lowest BCUT2D eigenvalue weighted by Crippen LogP contribution is -2.50. The van der Waals surface area contributed by atoms with Crippen LogP contribution >= 0.6 is 0 Å². The molecule has 192 valence electrons. The molecule has 10 nitrogen and oxygen atoms in total. The van der Waals surface area contributed by atoms with Crippen LogP contribution < -0.4 is 15.5 Å². The van der Waals surface area contributed by atoms with Crippen molar-refractivity contribution in [2.75, 3.05) is 42.3 Å². The number of ether oxygens (including phenoxy) is 1. The van der Waals surface area contributed by atoms with Crippen molar-refractivity contribution in [1.82, 2.24) is 20.2 Å². The first-order valence-electron chi connectivity index (χ1n) is 12.6. The van der Waals surface area contributed by atoms with Gasteiger partial charge in [-0.3, -0.25) is 5.10 Å². The molecule has 1 aromatic carbocycles. The van der Waals surface area contributed by atoms with Gasteiger partial charge < -0.3 is 20.3 Å². The molecule has 6 rings (SSSR count). The first kappa shape index (κ1) is 23.6. The Balaban J connectivity index is 1.29. The van der Waals surface area contributed by atoms with E-state index in [9.17, 15) is 8.42 Å². The Bertz CT molecular complexity index is 1430. The molecule has 36 heavy (non-hydrogen) atoms. The van der Waals surface area contributed by atoms with Gasteiger partial charge >= 0.3 is 0 Å². The number of rotatable bonds is 3. The van der Waals surface area contributed by atoms with Crippen molar-refractivity contribution in [3.63, 3.8) is 0 Å². The topological polar surface area (TPSA) is 130 Å². The quantitative estimate of drug-likeness (QED) is 0.544. The van der Waals surface area contributed by atoms with Gasteiger partial charge in [0.05, 0.1) is 23.8 Å². The van der Waals surface area contributed by atoms with E-state index in [1.54, 1.807) is 0 Å². The number of sulfone groups is 1. The van der Waals surface area contributed by atoms with Crippen LogP contribution in [0.15, 0.2) is 23.2 Å². The second-order valence-electron chi connectivity index (χ2n) is 10.6. The molecule has 3 aliphatic heterocycles. The maximum atomic E-state index is 12.6. The molecule has 2 fully saturated rings. The Hall–Kier alpha value is -2.76. The SMILES string of the molecule is Cc1ccc2c(c1S(C)(=O)=O)CCCN2c1n[nH]c2nc(N3CCC4(CC3)CO[C@@H](C)[C@H]4N)cnc12. The number of H-pyrrole nitrogens is 1. The van der Waals surface area contributed by atoms with E-state index in [2.05, 4.69) is 26.9 Å². The number of aromatic amines is 1. The highest BCUT2D eigenvalue weighted by atomic mass is 32.2. The minimum Gasteiger partial charge on any atom is -0.376 e. The summed E-state index contributed by atoms with van der Waals surface area (Å²) in [5.74, 6) is 1.50. The summed E-state index contributed by atoms with van der Waals surface area (Å²) in [6, 6.07) is 3.93. The van der Waals surface area contributed by atoms with E-state index in [-0.39, 0.29) is 17.6 Å². The van der Waals surface area contributed by atoms with E-state index in [1.165, 1.54) is 6.26 Å². The Labute approximate surface area is 211 Å². The minimum atomic E-state index is -3.35. The number of piperidine rings is 1. The fourth-order valence-electron chi connectivity index (χ4n) is 6.27. The van der Waals surface area contributed by atoms with Gasteiger partial charge in [-0.25, -0.2) is 18.4 Å². The number of nitrogens with two attached hydrogens (primary N) is 1. The predicted octanol–water partition coefficient (Wildman–Crippen LogP) is 2.48. The number of aryl methyl sites for hydroxylation is 1. The second-order valence-corrected chi connectivity index (χ2v) is 12.6. The second kappa shape index (κ2) is 8.39. The fourth-order valence-corrected chi connectivity index (χ4v) is 7.58. The first-order valence-corrected chi connectivity index (χ1v) is 14.5. The average molecular weight is 512 g/mol. The van der Waals surface area contributed by atoms with Crippen LogP contribution in [-0.4, -0.2) is 73.2 Å². The average Bonchev–Trinajstić information content (AvgIpc) is 3.39. The van der Waals surface area contributed by atoms with Crippen molar-refractivity contribution in [2.45, 2.75) is 56.6 Å². The number of benzene rings is 1. The number of aromatic nitrogens is 4. The van der Waals surface area contributed by atoms with Gasteiger partial charge in [0.2, 0.25) is 0 Å². The molecule has 0 radical (unpaired) electrons. The third-order valence-corrected chi connectivity index (χ3v) is 9.64. The standard InChI is InChI=1S/C25H33N7O3S/c1-15-6-7-18-17(21(15)36(3,33)34)5-4-10-32(18)24-20-23(29-30-24)28-19(13-27-20)31-11-8-25(9-12-31)14-35-16(2)22(25)26/h6-7,13,16,22H,4-5,8-12,14,26H2,1-3H3,(H,28,29,30)/t16-,22+/m0/s1. The number of hydrogen-bond donors (Lipinski definition) is 2. The third-order valence-electron chi connectivity index (χ3n) is 8.33. The minimum absolute atomic E-state index is 0.0550. The van der Waals surface area contributed by atoms with Crippen LogP contribution in [0.2, 0.25) is 0 Å². The maximum Gasteiger partial charge on any atom is 0.183 e. The number of hydrogen-bond acceptors (Lipinski definition) is 9. The molecular formula is C25H33N7O3S. The van der Waals surface area contributed by atoms with Gasteiger partial charge in [0.25, 0.3) is 0 Å². The van der Waals surface area contributed by atoms with Crippen molar-refractivity contribution >= 4 is 38.3 Å². The van der Waals surface area contributed by atoms with E-state index in [4.69, 9.17) is 20.4 Å². The van der Waals surface area contributed by atoms with Gasteiger partial charge in [-0.2, -0.15) is 5.10 Å². The van der Waals surface area contributed by atoms with Crippen molar-refractivity contribution in [3.8, 4) is 0 Å². The van der Waals surface area contributed by atoms with Crippen LogP contribution in [0.5, 0.6) is 0 Å². The van der Waals surface area contributed by atoms with E-state index in [0.717, 1.165) is 74.6 Å². The van der Waals surface area contributed by atoms with Crippen LogP contribution in [0.3, 0.4) is 0 Å². The molecule has 5 heterocycles. The molecule has 2 atom stereocenters. The molecule has 0 unspecified atom stereocenters. The molecule has 1 spiro atoms. The highest BCUT2D eigenvalue weighted by molar-refractivity contribution is 7.90. The lowest BCUT2D eigenvalue weighted by Gasteiger charge is -2.41. The summed E-state index contributed by atoms with van der Waals surface area (Å²) in [4.78, 5) is 14.4. The van der Waals surface area contributed by atoms with Crippen molar-refractivity contribution in [2.24, 2.45) is 11.1 Å². The number of fused-ring (bicyclic) bond motifs is 2. The molecule has 2 saturated heterocycles. The summed E-state index contributed by atoms with van der Waals surface area (Å²) in [7, 11) is -3.35. The molecule has 0 bridgehead atoms. The van der Waals surface area contributed by atoms with Crippen LogP contribution in [0.25, 0.3) is 11.2 Å². The van der Waals surface area contributed by atoms with E-state index in [1.807, 2.05) is 25.3 Å². The Morgan fingerprint density at radius 3 is 2.69 bits per heavy atom. The Morgan fingerprint density at radius 1 is 1.22 bits per heavy atom. The molecule has 11 heteroatoms. The summed E-state index contributed by atoms with van der Waals surface area (Å²) in [6.07, 6.45) is 6.69. The number of nitrogens with zero attached hydrogens (tertiary/aromatic N) is 5. The predicted molar refractivity (Wildman–Crippen MR) is 139 cm³/mol. The van der Waals surface area contributed by atoms with E-state index >= 15 is 0 Å². The summed E-state index contributed by atoms with van der Waals surface area (Å²) < 4.78 is 31.0. The Morgan fingerprint density at radius 2 is 2.00 bits per heavy atom. The molecule has 2 aromatic heterocycles. The lowest BCUT2D eigenvalue weighted by atomic mass is 9.73. The smallest absolute Gasteiger partial charge is 0.183 e. The van der Waals surface area contributed by atoms with Crippen LogP contribution in [0.4, 0.5) is 17.3 Å². The monoisotopic (exact) mass is 511 g/mol. The zero-order chi connectivity index (χ0) is 25.2. The molecule has 0 amide bonds.